The van der Waals surface area contributed by atoms with Crippen LogP contribution in [0.25, 0.3) is 11.0 Å². The predicted molar refractivity (Wildman–Crippen MR) is 119 cm³/mol. The van der Waals surface area contributed by atoms with Gasteiger partial charge in [-0.1, -0.05) is 12.1 Å². The maximum absolute atomic E-state index is 13.0. The summed E-state index contributed by atoms with van der Waals surface area (Å²) in [6.45, 7) is 1.62. The molecule has 1 aromatic carbocycles. The highest BCUT2D eigenvalue weighted by Gasteiger charge is 2.23. The summed E-state index contributed by atoms with van der Waals surface area (Å²) in [6.07, 6.45) is 8.04. The van der Waals surface area contributed by atoms with Crippen molar-refractivity contribution in [1.29, 1.82) is 0 Å². The Morgan fingerprint density at radius 1 is 1.09 bits per heavy atom. The fourth-order valence-corrected chi connectivity index (χ4v) is 4.06. The zero-order chi connectivity index (χ0) is 21.9. The van der Waals surface area contributed by atoms with Gasteiger partial charge in [0.25, 0.3) is 5.91 Å². The Labute approximate surface area is 184 Å². The number of rotatable bonds is 5. The minimum atomic E-state index is -0.168. The molecule has 0 bridgehead atoms. The predicted octanol–water partition coefficient (Wildman–Crippen LogP) is 2.41. The molecule has 8 heteroatoms. The second-order valence-electron chi connectivity index (χ2n) is 7.87. The number of H-pyrrole nitrogens is 1. The Bertz CT molecular complexity index is 1280. The van der Waals surface area contributed by atoms with Crippen LogP contribution in [0.5, 0.6) is 0 Å². The van der Waals surface area contributed by atoms with Crippen LogP contribution in [0.4, 0.5) is 0 Å². The van der Waals surface area contributed by atoms with Gasteiger partial charge in [0.15, 0.2) is 5.65 Å². The number of pyridine rings is 2. The van der Waals surface area contributed by atoms with E-state index in [-0.39, 0.29) is 18.2 Å². The molecular formula is C24H22N6O2. The number of benzene rings is 1. The average molecular weight is 426 g/mol. The van der Waals surface area contributed by atoms with E-state index in [0.29, 0.717) is 25.2 Å². The molecule has 0 saturated heterocycles. The number of nitrogens with one attached hydrogen (secondary N) is 2. The number of fused-ring (bicyclic) bond motifs is 3. The number of nitrogens with zero attached hydrogens (tertiary/aromatic N) is 4. The summed E-state index contributed by atoms with van der Waals surface area (Å²) in [6, 6.07) is 11.0. The van der Waals surface area contributed by atoms with Crippen molar-refractivity contribution in [2.75, 3.05) is 6.54 Å². The third-order valence-electron chi connectivity index (χ3n) is 5.77. The van der Waals surface area contributed by atoms with E-state index in [2.05, 4.69) is 25.5 Å². The molecule has 0 unspecified atom stereocenters. The molecule has 0 aliphatic carbocycles. The standard InChI is InChI=1S/C24H22N6O2/c31-22(30-9-6-20-19(15-30)13-26-23-21(20)14-28-29-23)11-17-2-1-3-18(10-17)24(32)27-12-16-4-7-25-8-5-16/h1-5,7-8,10,13-14H,6,9,11-12,15H2,(H,27,32)(H,26,28,29). The molecule has 0 fully saturated rings. The van der Waals surface area contributed by atoms with Crippen molar-refractivity contribution < 1.29 is 9.59 Å². The van der Waals surface area contributed by atoms with E-state index in [4.69, 9.17) is 0 Å². The first-order valence-electron chi connectivity index (χ1n) is 10.5. The second-order valence-corrected chi connectivity index (χ2v) is 7.87. The summed E-state index contributed by atoms with van der Waals surface area (Å²) >= 11 is 0. The van der Waals surface area contributed by atoms with Gasteiger partial charge in [-0.15, -0.1) is 0 Å². The van der Waals surface area contributed by atoms with Crippen molar-refractivity contribution >= 4 is 22.8 Å². The minimum Gasteiger partial charge on any atom is -0.348 e. The molecule has 0 atom stereocenters. The van der Waals surface area contributed by atoms with Gasteiger partial charge in [0.05, 0.1) is 12.6 Å². The zero-order valence-corrected chi connectivity index (χ0v) is 17.4. The highest BCUT2D eigenvalue weighted by molar-refractivity contribution is 5.94. The van der Waals surface area contributed by atoms with Crippen molar-refractivity contribution in [3.63, 3.8) is 0 Å². The first-order chi connectivity index (χ1) is 15.7. The summed E-state index contributed by atoms with van der Waals surface area (Å²) in [5.41, 5.74) is 5.39. The summed E-state index contributed by atoms with van der Waals surface area (Å²) < 4.78 is 0. The Kier molecular flexibility index (Phi) is 5.33. The summed E-state index contributed by atoms with van der Waals surface area (Å²) in [5, 5.41) is 10.9. The van der Waals surface area contributed by atoms with Gasteiger partial charge >= 0.3 is 0 Å². The third kappa shape index (κ3) is 4.07. The molecule has 0 spiro atoms. The van der Waals surface area contributed by atoms with Gasteiger partial charge in [0.2, 0.25) is 5.91 Å². The SMILES string of the molecule is O=C(NCc1ccncc1)c1cccc(CC(=O)N2CCc3c(cnc4[nH]ncc34)C2)c1. The summed E-state index contributed by atoms with van der Waals surface area (Å²) in [5.74, 6) is -0.129. The van der Waals surface area contributed by atoms with Gasteiger partial charge in [-0.05, 0) is 52.9 Å². The number of aromatic nitrogens is 4. The number of hydrogen-bond acceptors (Lipinski definition) is 5. The maximum atomic E-state index is 13.0. The van der Waals surface area contributed by atoms with Crippen LogP contribution >= 0.6 is 0 Å². The van der Waals surface area contributed by atoms with Crippen molar-refractivity contribution in [3.8, 4) is 0 Å². The van der Waals surface area contributed by atoms with Crippen LogP contribution in [0, 0.1) is 0 Å². The molecule has 2 N–H and O–H groups in total. The Hall–Kier alpha value is -4.07. The molecule has 2 amide bonds. The molecule has 1 aliphatic rings. The topological polar surface area (TPSA) is 104 Å². The van der Waals surface area contributed by atoms with Crippen molar-refractivity contribution in [2.24, 2.45) is 0 Å². The van der Waals surface area contributed by atoms with Crippen LogP contribution in [-0.4, -0.2) is 43.4 Å². The maximum Gasteiger partial charge on any atom is 0.251 e. The van der Waals surface area contributed by atoms with E-state index in [9.17, 15) is 9.59 Å². The number of carbonyl (C=O) groups is 2. The van der Waals surface area contributed by atoms with E-state index in [1.807, 2.05) is 35.4 Å². The van der Waals surface area contributed by atoms with Crippen LogP contribution in [0.1, 0.15) is 32.6 Å². The number of amides is 2. The third-order valence-corrected chi connectivity index (χ3v) is 5.77. The summed E-state index contributed by atoms with van der Waals surface area (Å²) in [7, 11) is 0. The van der Waals surface area contributed by atoms with Crippen molar-refractivity contribution in [3.05, 3.63) is 89.0 Å². The number of hydrogen-bond donors (Lipinski definition) is 2. The molecule has 3 aromatic heterocycles. The lowest BCUT2D eigenvalue weighted by molar-refractivity contribution is -0.131. The Balaban J connectivity index is 1.23. The molecular weight excluding hydrogens is 404 g/mol. The van der Waals surface area contributed by atoms with Gasteiger partial charge < -0.3 is 10.2 Å². The molecule has 0 radical (unpaired) electrons. The van der Waals surface area contributed by atoms with Crippen molar-refractivity contribution in [2.45, 2.75) is 25.9 Å². The lowest BCUT2D eigenvalue weighted by Gasteiger charge is -2.29. The number of carbonyl (C=O) groups excluding carboxylic acids is 2. The van der Waals surface area contributed by atoms with E-state index in [1.54, 1.807) is 30.7 Å². The molecule has 4 aromatic rings. The van der Waals surface area contributed by atoms with E-state index in [1.165, 1.54) is 5.56 Å². The van der Waals surface area contributed by atoms with Crippen LogP contribution in [-0.2, 0) is 30.7 Å². The lowest BCUT2D eigenvalue weighted by atomic mass is 9.98. The first kappa shape index (κ1) is 19.9. The van der Waals surface area contributed by atoms with Gasteiger partial charge in [-0.3, -0.25) is 19.7 Å². The largest absolute Gasteiger partial charge is 0.348 e. The first-order valence-corrected chi connectivity index (χ1v) is 10.5. The lowest BCUT2D eigenvalue weighted by Crippen LogP contribution is -2.37. The van der Waals surface area contributed by atoms with Crippen LogP contribution in [0.15, 0.2) is 61.2 Å². The molecule has 8 nitrogen and oxygen atoms in total. The highest BCUT2D eigenvalue weighted by atomic mass is 16.2. The Morgan fingerprint density at radius 3 is 2.84 bits per heavy atom. The molecule has 160 valence electrons. The fourth-order valence-electron chi connectivity index (χ4n) is 4.06. The quantitative estimate of drug-likeness (QED) is 0.510. The second kappa shape index (κ2) is 8.58. The molecule has 0 saturated carbocycles. The zero-order valence-electron chi connectivity index (χ0n) is 17.4. The van der Waals surface area contributed by atoms with Crippen LogP contribution < -0.4 is 5.32 Å². The van der Waals surface area contributed by atoms with E-state index < -0.39 is 0 Å². The fraction of sp³-hybridized carbons (Fsp3) is 0.208. The molecule has 32 heavy (non-hydrogen) atoms. The van der Waals surface area contributed by atoms with Gasteiger partial charge in [0, 0.05) is 49.2 Å². The smallest absolute Gasteiger partial charge is 0.251 e. The van der Waals surface area contributed by atoms with Gasteiger partial charge in [-0.2, -0.15) is 5.10 Å². The van der Waals surface area contributed by atoms with E-state index in [0.717, 1.165) is 34.1 Å². The van der Waals surface area contributed by atoms with Gasteiger partial charge in [-0.25, -0.2) is 4.98 Å². The van der Waals surface area contributed by atoms with E-state index >= 15 is 0 Å². The summed E-state index contributed by atoms with van der Waals surface area (Å²) in [4.78, 5) is 35.7. The monoisotopic (exact) mass is 426 g/mol. The average Bonchev–Trinajstić information content (AvgIpc) is 3.32. The van der Waals surface area contributed by atoms with Gasteiger partial charge in [0.1, 0.15) is 0 Å². The number of aromatic amines is 1. The normalized spacial score (nSPS) is 13.1. The van der Waals surface area contributed by atoms with Crippen LogP contribution in [0.2, 0.25) is 0 Å². The Morgan fingerprint density at radius 2 is 1.97 bits per heavy atom. The minimum absolute atomic E-state index is 0.0392. The van der Waals surface area contributed by atoms with Crippen molar-refractivity contribution in [1.82, 2.24) is 30.4 Å². The molecule has 4 heterocycles. The molecule has 5 rings (SSSR count). The highest BCUT2D eigenvalue weighted by Crippen LogP contribution is 2.25. The van der Waals surface area contributed by atoms with Crippen LogP contribution in [0.3, 0.4) is 0 Å². The molecule has 1 aliphatic heterocycles.